The third-order valence-corrected chi connectivity index (χ3v) is 3.80. The molecule has 10 nitrogen and oxygen atoms in total. The average Bonchev–Trinajstić information content (AvgIpc) is 2.37. The molecule has 0 unspecified atom stereocenters. The van der Waals surface area contributed by atoms with E-state index in [0.29, 0.717) is 0 Å². The Kier molecular flexibility index (Phi) is 4.94. The van der Waals surface area contributed by atoms with Gasteiger partial charge in [-0.25, -0.2) is 13.1 Å². The van der Waals surface area contributed by atoms with Crippen molar-refractivity contribution in [1.29, 1.82) is 0 Å². The van der Waals surface area contributed by atoms with Gasteiger partial charge in [0.2, 0.25) is 10.0 Å². The van der Waals surface area contributed by atoms with Crippen molar-refractivity contribution in [3.63, 3.8) is 0 Å². The summed E-state index contributed by atoms with van der Waals surface area (Å²) in [5.41, 5.74) is -0.361. The molecule has 1 aromatic rings. The molecule has 0 amide bonds. The Labute approximate surface area is 118 Å². The zero-order valence-electron chi connectivity index (χ0n) is 10.2. The predicted octanol–water partition coefficient (Wildman–Crippen LogP) is -2.87. The van der Waals surface area contributed by atoms with Gasteiger partial charge in [-0.05, 0) is 12.1 Å². The first-order valence-corrected chi connectivity index (χ1v) is 6.79. The number of nitrogens with zero attached hydrogens (tertiary/aromatic N) is 1. The molecule has 1 aromatic carbocycles. The van der Waals surface area contributed by atoms with Gasteiger partial charge in [-0.15, -0.1) is 0 Å². The van der Waals surface area contributed by atoms with Crippen LogP contribution in [0.4, 0.5) is 5.69 Å². The van der Waals surface area contributed by atoms with Crippen LogP contribution in [-0.4, -0.2) is 31.3 Å². The van der Waals surface area contributed by atoms with E-state index in [9.17, 15) is 38.3 Å². The van der Waals surface area contributed by atoms with E-state index >= 15 is 0 Å². The van der Waals surface area contributed by atoms with Crippen LogP contribution in [0.2, 0.25) is 0 Å². The molecule has 0 radical (unpaired) electrons. The standard InChI is InChI=1S/C10H10N2O8S/c13-9(14)5-8(10(15)16)11-21(19,20)7-3-1-6(2-4-7)12(17)18/h1-4,8,11H,5H2,(H,13,14)(H,15,16)/p-2/t8-/m0/s1. The van der Waals surface area contributed by atoms with Gasteiger partial charge in [0.05, 0.1) is 21.8 Å². The summed E-state index contributed by atoms with van der Waals surface area (Å²) in [5, 5.41) is 31.4. The van der Waals surface area contributed by atoms with Gasteiger partial charge in [0, 0.05) is 24.5 Å². The lowest BCUT2D eigenvalue weighted by Gasteiger charge is -2.19. The minimum absolute atomic E-state index is 0.361. The molecule has 0 aliphatic carbocycles. The lowest BCUT2D eigenvalue weighted by atomic mass is 10.2. The van der Waals surface area contributed by atoms with E-state index in [-0.39, 0.29) is 5.69 Å². The molecule has 21 heavy (non-hydrogen) atoms. The molecule has 114 valence electrons. The highest BCUT2D eigenvalue weighted by Crippen LogP contribution is 2.16. The fourth-order valence-electron chi connectivity index (χ4n) is 1.34. The SMILES string of the molecule is O=C([O-])C[C@H](NS(=O)(=O)c1ccc([N+](=O)[O-])cc1)C(=O)[O-]. The van der Waals surface area contributed by atoms with Gasteiger partial charge in [0.15, 0.2) is 0 Å². The second-order valence-electron chi connectivity index (χ2n) is 3.82. The Morgan fingerprint density at radius 3 is 2.10 bits per heavy atom. The number of carbonyl (C=O) groups is 2. The zero-order chi connectivity index (χ0) is 16.2. The van der Waals surface area contributed by atoms with E-state index in [1.54, 1.807) is 4.72 Å². The fourth-order valence-corrected chi connectivity index (χ4v) is 2.53. The van der Waals surface area contributed by atoms with Gasteiger partial charge < -0.3 is 19.8 Å². The molecule has 0 spiro atoms. The molecule has 1 atom stereocenters. The molecule has 0 saturated carbocycles. The van der Waals surface area contributed by atoms with Crippen LogP contribution >= 0.6 is 0 Å². The Hall–Kier alpha value is -2.53. The van der Waals surface area contributed by atoms with Crippen LogP contribution in [0.25, 0.3) is 0 Å². The smallest absolute Gasteiger partial charge is 0.269 e. The minimum atomic E-state index is -4.38. The van der Waals surface area contributed by atoms with Gasteiger partial charge in [-0.1, -0.05) is 0 Å². The molecule has 0 saturated heterocycles. The second kappa shape index (κ2) is 6.28. The first-order chi connectivity index (χ1) is 9.63. The lowest BCUT2D eigenvalue weighted by molar-refractivity contribution is -0.384. The Balaban J connectivity index is 3.01. The van der Waals surface area contributed by atoms with Crippen LogP contribution in [0.5, 0.6) is 0 Å². The predicted molar refractivity (Wildman–Crippen MR) is 61.8 cm³/mol. The van der Waals surface area contributed by atoms with Crippen molar-refractivity contribution in [1.82, 2.24) is 4.72 Å². The summed E-state index contributed by atoms with van der Waals surface area (Å²) < 4.78 is 25.3. The largest absolute Gasteiger partial charge is 0.550 e. The van der Waals surface area contributed by atoms with Crippen molar-refractivity contribution in [2.45, 2.75) is 17.4 Å². The van der Waals surface area contributed by atoms with E-state index < -0.39 is 44.2 Å². The molecule has 1 rings (SSSR count). The molecule has 0 aliphatic heterocycles. The van der Waals surface area contributed by atoms with Gasteiger partial charge in [-0.2, -0.15) is 0 Å². The lowest BCUT2D eigenvalue weighted by Crippen LogP contribution is -2.50. The van der Waals surface area contributed by atoms with E-state index in [2.05, 4.69) is 0 Å². The van der Waals surface area contributed by atoms with Crippen molar-refractivity contribution >= 4 is 27.6 Å². The Morgan fingerprint density at radius 2 is 1.71 bits per heavy atom. The van der Waals surface area contributed by atoms with Crippen molar-refractivity contribution in [3.8, 4) is 0 Å². The number of carboxylic acids is 2. The summed E-state index contributed by atoms with van der Waals surface area (Å²) in [6.45, 7) is 0. The molecule has 0 fully saturated rings. The second-order valence-corrected chi connectivity index (χ2v) is 5.53. The molecular formula is C10H8N2O8S-2. The quantitative estimate of drug-likeness (QED) is 0.413. The summed E-state index contributed by atoms with van der Waals surface area (Å²) in [4.78, 5) is 30.2. The number of carbonyl (C=O) groups excluding carboxylic acids is 2. The third-order valence-electron chi connectivity index (χ3n) is 2.31. The van der Waals surface area contributed by atoms with Crippen LogP contribution in [0.15, 0.2) is 29.2 Å². The summed E-state index contributed by atoms with van der Waals surface area (Å²) >= 11 is 0. The number of sulfonamides is 1. The number of nitro benzene ring substituents is 1. The first kappa shape index (κ1) is 16.5. The molecule has 1 N–H and O–H groups in total. The molecule has 0 aliphatic rings. The number of hydrogen-bond donors (Lipinski definition) is 1. The molecule has 0 aromatic heterocycles. The Bertz CT molecular complexity index is 667. The summed E-state index contributed by atoms with van der Waals surface area (Å²) in [7, 11) is -4.38. The van der Waals surface area contributed by atoms with Gasteiger partial charge in [0.1, 0.15) is 0 Å². The van der Waals surface area contributed by atoms with E-state index in [1.807, 2.05) is 0 Å². The van der Waals surface area contributed by atoms with Gasteiger partial charge in [-0.3, -0.25) is 10.1 Å². The number of nitrogens with one attached hydrogen (secondary N) is 1. The van der Waals surface area contributed by atoms with E-state index in [4.69, 9.17) is 0 Å². The number of hydrogen-bond acceptors (Lipinski definition) is 8. The highest BCUT2D eigenvalue weighted by atomic mass is 32.2. The van der Waals surface area contributed by atoms with E-state index in [1.165, 1.54) is 0 Å². The van der Waals surface area contributed by atoms with Crippen molar-refractivity contribution < 1.29 is 33.1 Å². The fraction of sp³-hybridized carbons (Fsp3) is 0.200. The van der Waals surface area contributed by atoms with E-state index in [0.717, 1.165) is 24.3 Å². The first-order valence-electron chi connectivity index (χ1n) is 5.31. The van der Waals surface area contributed by atoms with Crippen LogP contribution < -0.4 is 14.9 Å². The normalized spacial score (nSPS) is 12.6. The average molecular weight is 316 g/mol. The number of rotatable bonds is 7. The topological polar surface area (TPSA) is 170 Å². The molecule has 11 heteroatoms. The van der Waals surface area contributed by atoms with Crippen LogP contribution in [0, 0.1) is 10.1 Å². The maximum absolute atomic E-state index is 11.8. The molecule has 0 bridgehead atoms. The highest BCUT2D eigenvalue weighted by Gasteiger charge is 2.21. The summed E-state index contributed by atoms with van der Waals surface area (Å²) in [6.07, 6.45) is -1.12. The number of carboxylic acid groups (broad SMARTS) is 2. The zero-order valence-corrected chi connectivity index (χ0v) is 11.0. The summed E-state index contributed by atoms with van der Waals surface area (Å²) in [5.74, 6) is -3.72. The van der Waals surface area contributed by atoms with Crippen LogP contribution in [0.3, 0.4) is 0 Å². The number of nitro groups is 1. The monoisotopic (exact) mass is 316 g/mol. The van der Waals surface area contributed by atoms with Crippen molar-refractivity contribution in [2.24, 2.45) is 0 Å². The number of non-ortho nitro benzene ring substituents is 1. The molecular weight excluding hydrogens is 308 g/mol. The van der Waals surface area contributed by atoms with Crippen molar-refractivity contribution in [3.05, 3.63) is 34.4 Å². The third kappa shape index (κ3) is 4.50. The Morgan fingerprint density at radius 1 is 1.19 bits per heavy atom. The summed E-state index contributed by atoms with van der Waals surface area (Å²) in [6, 6.07) is 1.55. The maximum Gasteiger partial charge on any atom is 0.269 e. The minimum Gasteiger partial charge on any atom is -0.550 e. The number of benzene rings is 1. The highest BCUT2D eigenvalue weighted by molar-refractivity contribution is 7.89. The van der Waals surface area contributed by atoms with Gasteiger partial charge in [0.25, 0.3) is 5.69 Å². The maximum atomic E-state index is 11.8. The van der Waals surface area contributed by atoms with Crippen LogP contribution in [0.1, 0.15) is 6.42 Å². The van der Waals surface area contributed by atoms with Gasteiger partial charge >= 0.3 is 0 Å². The number of aliphatic carboxylic acids is 2. The van der Waals surface area contributed by atoms with Crippen LogP contribution in [-0.2, 0) is 19.6 Å². The molecule has 0 heterocycles. The van der Waals surface area contributed by atoms with Crippen molar-refractivity contribution in [2.75, 3.05) is 0 Å².